The first kappa shape index (κ1) is 9.71. The smallest absolute Gasteiger partial charge is 0.135 e. The average molecular weight is 212 g/mol. The van der Waals surface area contributed by atoms with Crippen molar-refractivity contribution in [3.8, 4) is 0 Å². The van der Waals surface area contributed by atoms with Gasteiger partial charge in [-0.05, 0) is 61.9 Å². The first-order valence-corrected chi connectivity index (χ1v) is 5.84. The number of furan rings is 1. The Morgan fingerprint density at radius 2 is 1.88 bits per heavy atom. The minimum Gasteiger partial charge on any atom is -0.464 e. The summed E-state index contributed by atoms with van der Waals surface area (Å²) in [5.74, 6) is 0. The number of allylic oxidation sites excluding steroid dienone is 1. The summed E-state index contributed by atoms with van der Waals surface area (Å²) < 4.78 is 5.60. The van der Waals surface area contributed by atoms with Crippen LogP contribution in [0.25, 0.3) is 17.0 Å². The monoisotopic (exact) mass is 212 g/mol. The van der Waals surface area contributed by atoms with E-state index in [1.165, 1.54) is 46.1 Å². The van der Waals surface area contributed by atoms with Crippen LogP contribution >= 0.6 is 0 Å². The summed E-state index contributed by atoms with van der Waals surface area (Å²) in [5, 5.41) is 1.31. The molecule has 0 saturated carbocycles. The molecule has 1 aromatic carbocycles. The Labute approximate surface area is 95.8 Å². The van der Waals surface area contributed by atoms with Crippen molar-refractivity contribution in [3.05, 3.63) is 40.2 Å². The van der Waals surface area contributed by atoms with Gasteiger partial charge in [-0.25, -0.2) is 0 Å². The number of hydrogen-bond donors (Lipinski definition) is 0. The highest BCUT2D eigenvalue weighted by Crippen LogP contribution is 2.35. The van der Waals surface area contributed by atoms with Crippen molar-refractivity contribution in [2.45, 2.75) is 33.6 Å². The van der Waals surface area contributed by atoms with E-state index in [-0.39, 0.29) is 0 Å². The van der Waals surface area contributed by atoms with E-state index >= 15 is 0 Å². The number of benzene rings is 1. The Balaban J connectivity index is 2.46. The van der Waals surface area contributed by atoms with E-state index in [1.54, 1.807) is 0 Å². The van der Waals surface area contributed by atoms with Crippen LogP contribution in [0.2, 0.25) is 0 Å². The largest absolute Gasteiger partial charge is 0.464 e. The first-order valence-electron chi connectivity index (χ1n) is 5.84. The Hall–Kier alpha value is -1.50. The van der Waals surface area contributed by atoms with Crippen LogP contribution in [0.15, 0.2) is 22.3 Å². The highest BCUT2D eigenvalue weighted by atomic mass is 16.3. The predicted molar refractivity (Wildman–Crippen MR) is 67.7 cm³/mol. The predicted octanol–water partition coefficient (Wildman–Crippen LogP) is 4.40. The van der Waals surface area contributed by atoms with Crippen LogP contribution in [-0.4, -0.2) is 0 Å². The number of rotatable bonds is 0. The summed E-state index contributed by atoms with van der Waals surface area (Å²) in [4.78, 5) is 0. The van der Waals surface area contributed by atoms with Gasteiger partial charge in [0.25, 0.3) is 0 Å². The Kier molecular flexibility index (Phi) is 1.97. The Morgan fingerprint density at radius 1 is 1.06 bits per heavy atom. The summed E-state index contributed by atoms with van der Waals surface area (Å²) in [7, 11) is 0. The number of fused-ring (bicyclic) bond motifs is 3. The normalized spacial score (nSPS) is 15.1. The lowest BCUT2D eigenvalue weighted by Gasteiger charge is -2.17. The van der Waals surface area contributed by atoms with Crippen molar-refractivity contribution in [1.29, 1.82) is 0 Å². The van der Waals surface area contributed by atoms with E-state index in [2.05, 4.69) is 32.9 Å². The van der Waals surface area contributed by atoms with Crippen LogP contribution in [0.5, 0.6) is 0 Å². The zero-order valence-corrected chi connectivity index (χ0v) is 10.1. The molecule has 1 aliphatic rings. The van der Waals surface area contributed by atoms with Gasteiger partial charge in [0.1, 0.15) is 5.58 Å². The third kappa shape index (κ3) is 1.24. The van der Waals surface area contributed by atoms with E-state index < -0.39 is 0 Å². The van der Waals surface area contributed by atoms with Crippen molar-refractivity contribution in [3.63, 3.8) is 0 Å². The second-order valence-electron chi connectivity index (χ2n) is 4.87. The van der Waals surface area contributed by atoms with E-state index in [1.807, 2.05) is 6.26 Å². The fourth-order valence-electron chi connectivity index (χ4n) is 2.69. The van der Waals surface area contributed by atoms with Crippen LogP contribution in [0, 0.1) is 13.8 Å². The molecule has 1 aromatic heterocycles. The lowest BCUT2D eigenvalue weighted by molar-refractivity contribution is 0.612. The molecule has 2 aromatic rings. The third-order valence-corrected chi connectivity index (χ3v) is 3.58. The second-order valence-corrected chi connectivity index (χ2v) is 4.87. The molecule has 1 heterocycles. The summed E-state index contributed by atoms with van der Waals surface area (Å²) >= 11 is 0. The molecule has 16 heavy (non-hydrogen) atoms. The number of aryl methyl sites for hydroxylation is 2. The van der Waals surface area contributed by atoms with Gasteiger partial charge >= 0.3 is 0 Å². The summed E-state index contributed by atoms with van der Waals surface area (Å²) in [5.41, 5.74) is 8.00. The summed E-state index contributed by atoms with van der Waals surface area (Å²) in [6.07, 6.45) is 6.55. The van der Waals surface area contributed by atoms with Crippen LogP contribution < -0.4 is 0 Å². The third-order valence-electron chi connectivity index (χ3n) is 3.58. The van der Waals surface area contributed by atoms with Crippen molar-refractivity contribution in [1.82, 2.24) is 0 Å². The molecule has 1 aliphatic carbocycles. The van der Waals surface area contributed by atoms with Gasteiger partial charge in [-0.15, -0.1) is 0 Å². The van der Waals surface area contributed by atoms with Gasteiger partial charge in [0.05, 0.1) is 6.26 Å². The molecule has 1 heteroatoms. The number of hydrogen-bond acceptors (Lipinski definition) is 1. The van der Waals surface area contributed by atoms with Gasteiger partial charge in [-0.1, -0.05) is 11.6 Å². The van der Waals surface area contributed by atoms with Gasteiger partial charge in [0.15, 0.2) is 0 Å². The molecule has 0 atom stereocenters. The lowest BCUT2D eigenvalue weighted by atomic mass is 9.87. The van der Waals surface area contributed by atoms with Crippen molar-refractivity contribution in [2.24, 2.45) is 0 Å². The average Bonchev–Trinajstić information content (AvgIpc) is 2.60. The van der Waals surface area contributed by atoms with Gasteiger partial charge in [-0.2, -0.15) is 0 Å². The fraction of sp³-hybridized carbons (Fsp3) is 0.333. The first-order chi connectivity index (χ1) is 7.66. The standard InChI is InChI=1S/C15H16O/c1-9-4-5-12-10(2)7-14-15(13(12)6-9)11(3)8-16-14/h6-8H,4-5H2,1-3H3. The minimum atomic E-state index is 1.03. The molecule has 0 fully saturated rings. The lowest BCUT2D eigenvalue weighted by Crippen LogP contribution is -2.01. The fourth-order valence-corrected chi connectivity index (χ4v) is 2.69. The molecular weight excluding hydrogens is 196 g/mol. The zero-order valence-electron chi connectivity index (χ0n) is 10.1. The van der Waals surface area contributed by atoms with Crippen molar-refractivity contribution >= 4 is 17.0 Å². The van der Waals surface area contributed by atoms with Crippen molar-refractivity contribution in [2.75, 3.05) is 0 Å². The maximum absolute atomic E-state index is 5.60. The second kappa shape index (κ2) is 3.24. The minimum absolute atomic E-state index is 1.03. The Bertz CT molecular complexity index is 599. The van der Waals surface area contributed by atoms with Gasteiger partial charge < -0.3 is 4.42 Å². The van der Waals surface area contributed by atoms with Crippen LogP contribution in [0.3, 0.4) is 0 Å². The molecule has 0 unspecified atom stereocenters. The molecule has 0 amide bonds. The molecule has 0 aliphatic heterocycles. The molecule has 1 nitrogen and oxygen atoms in total. The van der Waals surface area contributed by atoms with E-state index in [4.69, 9.17) is 4.42 Å². The van der Waals surface area contributed by atoms with E-state index in [0.717, 1.165) is 5.58 Å². The van der Waals surface area contributed by atoms with Crippen molar-refractivity contribution < 1.29 is 4.42 Å². The van der Waals surface area contributed by atoms with E-state index in [9.17, 15) is 0 Å². The molecule has 0 radical (unpaired) electrons. The maximum Gasteiger partial charge on any atom is 0.135 e. The maximum atomic E-state index is 5.60. The van der Waals surface area contributed by atoms with Gasteiger partial charge in [0, 0.05) is 5.39 Å². The van der Waals surface area contributed by atoms with Crippen LogP contribution in [-0.2, 0) is 6.42 Å². The summed E-state index contributed by atoms with van der Waals surface area (Å²) in [6.45, 7) is 6.52. The Morgan fingerprint density at radius 3 is 2.69 bits per heavy atom. The highest BCUT2D eigenvalue weighted by Gasteiger charge is 2.16. The topological polar surface area (TPSA) is 13.1 Å². The SMILES string of the molecule is CC1=Cc2c(c(C)cc3occ(C)c23)CC1. The zero-order chi connectivity index (χ0) is 11.3. The highest BCUT2D eigenvalue weighted by molar-refractivity contribution is 5.93. The molecule has 0 bridgehead atoms. The molecule has 3 rings (SSSR count). The molecule has 0 saturated heterocycles. The van der Waals surface area contributed by atoms with Gasteiger partial charge in [-0.3, -0.25) is 0 Å². The molecular formula is C15H16O. The van der Waals surface area contributed by atoms with Crippen LogP contribution in [0.4, 0.5) is 0 Å². The molecule has 0 N–H and O–H groups in total. The summed E-state index contributed by atoms with van der Waals surface area (Å²) in [6, 6.07) is 2.18. The molecule has 0 spiro atoms. The quantitative estimate of drug-likeness (QED) is 0.631. The van der Waals surface area contributed by atoms with E-state index in [0.29, 0.717) is 0 Å². The van der Waals surface area contributed by atoms with Gasteiger partial charge in [0.2, 0.25) is 0 Å². The molecule has 82 valence electrons. The van der Waals surface area contributed by atoms with Crippen LogP contribution in [0.1, 0.15) is 35.6 Å².